The van der Waals surface area contributed by atoms with Crippen LogP contribution in [0.4, 0.5) is 0 Å². The predicted molar refractivity (Wildman–Crippen MR) is 113 cm³/mol. The summed E-state index contributed by atoms with van der Waals surface area (Å²) in [6.45, 7) is 8.76. The third-order valence-corrected chi connectivity index (χ3v) is 6.94. The zero-order valence-corrected chi connectivity index (χ0v) is 17.7. The lowest BCUT2D eigenvalue weighted by molar-refractivity contribution is 0.0274. The fourth-order valence-electron chi connectivity index (χ4n) is 5.30. The zero-order chi connectivity index (χ0) is 20.1. The number of hydrogen-bond donors (Lipinski definition) is 1. The highest BCUT2D eigenvalue weighted by molar-refractivity contribution is 5.51. The molecular weight excluding hydrogens is 348 g/mol. The minimum atomic E-state index is -0.0687. The Bertz CT molecular complexity index is 894. The summed E-state index contributed by atoms with van der Waals surface area (Å²) in [5.41, 5.74) is 13.5. The molecule has 2 aliphatic rings. The lowest BCUT2D eigenvalue weighted by atomic mass is 9.70. The number of piperidine rings is 1. The highest BCUT2D eigenvalue weighted by Crippen LogP contribution is 2.48. The second kappa shape index (κ2) is 7.09. The highest BCUT2D eigenvalue weighted by Gasteiger charge is 2.46. The highest BCUT2D eigenvalue weighted by atomic mass is 16.5. The number of fused-ring (bicyclic) bond motifs is 3. The van der Waals surface area contributed by atoms with Gasteiger partial charge in [0.25, 0.3) is 0 Å². The van der Waals surface area contributed by atoms with Crippen molar-refractivity contribution in [1.82, 2.24) is 4.90 Å². The molecule has 0 bridgehead atoms. The minimum absolute atomic E-state index is 0.0687. The molecule has 2 aromatic rings. The van der Waals surface area contributed by atoms with Gasteiger partial charge in [-0.3, -0.25) is 4.90 Å². The van der Waals surface area contributed by atoms with Gasteiger partial charge in [-0.25, -0.2) is 0 Å². The average Bonchev–Trinajstić information content (AvgIpc) is 2.68. The average molecular weight is 381 g/mol. The van der Waals surface area contributed by atoms with E-state index in [1.807, 2.05) is 0 Å². The third-order valence-electron chi connectivity index (χ3n) is 6.94. The van der Waals surface area contributed by atoms with Crippen molar-refractivity contribution in [3.8, 4) is 11.5 Å². The van der Waals surface area contributed by atoms with E-state index in [9.17, 15) is 0 Å². The molecule has 150 valence electrons. The van der Waals surface area contributed by atoms with Crippen LogP contribution in [0.25, 0.3) is 0 Å². The molecule has 0 aliphatic carbocycles. The van der Waals surface area contributed by atoms with Crippen LogP contribution < -0.4 is 15.2 Å². The molecule has 0 radical (unpaired) electrons. The molecule has 28 heavy (non-hydrogen) atoms. The van der Waals surface area contributed by atoms with Gasteiger partial charge < -0.3 is 15.2 Å². The molecule has 0 saturated carbocycles. The molecule has 0 spiro atoms. The van der Waals surface area contributed by atoms with Crippen molar-refractivity contribution in [2.24, 2.45) is 5.73 Å². The Labute approximate surface area is 168 Å². The number of hydrogen-bond acceptors (Lipinski definition) is 4. The van der Waals surface area contributed by atoms with Crippen LogP contribution in [0.15, 0.2) is 30.3 Å². The molecule has 0 aromatic heterocycles. The van der Waals surface area contributed by atoms with Gasteiger partial charge in [-0.2, -0.15) is 0 Å². The molecule has 4 rings (SSSR count). The van der Waals surface area contributed by atoms with E-state index < -0.39 is 0 Å². The molecule has 3 atom stereocenters. The number of benzene rings is 2. The van der Waals surface area contributed by atoms with Gasteiger partial charge in [0.05, 0.1) is 14.2 Å². The summed E-state index contributed by atoms with van der Waals surface area (Å²) in [7, 11) is 3.41. The minimum Gasteiger partial charge on any atom is -0.493 e. The maximum atomic E-state index is 6.82. The van der Waals surface area contributed by atoms with Crippen LogP contribution in [-0.4, -0.2) is 38.3 Å². The van der Waals surface area contributed by atoms with Crippen LogP contribution in [0, 0.1) is 13.8 Å². The molecular formula is C24H32N2O2. The second-order valence-electron chi connectivity index (χ2n) is 8.67. The molecule has 1 unspecified atom stereocenters. The van der Waals surface area contributed by atoms with Crippen molar-refractivity contribution in [3.63, 3.8) is 0 Å². The number of rotatable bonds is 3. The van der Waals surface area contributed by atoms with Crippen LogP contribution in [-0.2, 0) is 12.0 Å². The topological polar surface area (TPSA) is 47.7 Å². The van der Waals surface area contributed by atoms with Crippen LogP contribution in [0.2, 0.25) is 0 Å². The molecule has 1 fully saturated rings. The lowest BCUT2D eigenvalue weighted by Crippen LogP contribution is -2.59. The number of aryl methyl sites for hydroxylation is 2. The SMILES string of the molecule is COc1cc2c(cc1OC)C1(C)C[C@H](N)[C@@H](c3cc(C)ccc3C)CN1CC2. The Hall–Kier alpha value is -2.04. The van der Waals surface area contributed by atoms with E-state index in [1.165, 1.54) is 27.8 Å². The van der Waals surface area contributed by atoms with Crippen molar-refractivity contribution in [1.29, 1.82) is 0 Å². The van der Waals surface area contributed by atoms with E-state index in [1.54, 1.807) is 14.2 Å². The predicted octanol–water partition coefficient (Wildman–Crippen LogP) is 3.91. The fourth-order valence-corrected chi connectivity index (χ4v) is 5.30. The lowest BCUT2D eigenvalue weighted by Gasteiger charge is -2.53. The van der Waals surface area contributed by atoms with E-state index in [0.29, 0.717) is 5.92 Å². The summed E-state index contributed by atoms with van der Waals surface area (Å²) < 4.78 is 11.1. The number of ether oxygens (including phenoxy) is 2. The number of nitrogens with zero attached hydrogens (tertiary/aromatic N) is 1. The van der Waals surface area contributed by atoms with Crippen molar-refractivity contribution in [3.05, 3.63) is 58.1 Å². The quantitative estimate of drug-likeness (QED) is 0.877. The van der Waals surface area contributed by atoms with E-state index in [4.69, 9.17) is 15.2 Å². The molecule has 1 saturated heterocycles. The molecule has 0 amide bonds. The standard InChI is InChI=1S/C24H32N2O2/c1-15-6-7-16(2)18(10-15)19-14-26-9-8-17-11-22(27-4)23(28-5)12-20(17)24(26,3)13-21(19)25/h6-7,10-12,19,21H,8-9,13-14,25H2,1-5H3/t19-,21+,24?/m1/s1. The smallest absolute Gasteiger partial charge is 0.161 e. The molecule has 2 aromatic carbocycles. The van der Waals surface area contributed by atoms with Crippen molar-refractivity contribution in [2.45, 2.75) is 51.1 Å². The maximum absolute atomic E-state index is 6.82. The number of methoxy groups -OCH3 is 2. The Morgan fingerprint density at radius 1 is 1.07 bits per heavy atom. The van der Waals surface area contributed by atoms with Gasteiger partial charge >= 0.3 is 0 Å². The monoisotopic (exact) mass is 380 g/mol. The summed E-state index contributed by atoms with van der Waals surface area (Å²) in [6.07, 6.45) is 1.97. The Morgan fingerprint density at radius 3 is 2.50 bits per heavy atom. The number of nitrogens with two attached hydrogens (primary N) is 1. The van der Waals surface area contributed by atoms with E-state index in [0.717, 1.165) is 37.4 Å². The van der Waals surface area contributed by atoms with Crippen LogP contribution in [0.1, 0.15) is 47.1 Å². The van der Waals surface area contributed by atoms with E-state index in [2.05, 4.69) is 56.0 Å². The molecule has 4 nitrogen and oxygen atoms in total. The van der Waals surface area contributed by atoms with Gasteiger partial charge in [-0.1, -0.05) is 23.8 Å². The summed E-state index contributed by atoms with van der Waals surface area (Å²) in [5, 5.41) is 0. The molecule has 2 aliphatic heterocycles. The van der Waals surface area contributed by atoms with Crippen molar-refractivity contribution < 1.29 is 9.47 Å². The van der Waals surface area contributed by atoms with Crippen LogP contribution >= 0.6 is 0 Å². The van der Waals surface area contributed by atoms with Gasteiger partial charge in [-0.05, 0) is 68.0 Å². The van der Waals surface area contributed by atoms with E-state index in [-0.39, 0.29) is 11.6 Å². The summed E-state index contributed by atoms with van der Waals surface area (Å²) in [4.78, 5) is 2.64. The molecule has 2 heterocycles. The van der Waals surface area contributed by atoms with Gasteiger partial charge in [0, 0.05) is 30.6 Å². The van der Waals surface area contributed by atoms with Crippen molar-refractivity contribution >= 4 is 0 Å². The first-order chi connectivity index (χ1) is 13.4. The normalized spacial score (nSPS) is 27.1. The fraction of sp³-hybridized carbons (Fsp3) is 0.500. The second-order valence-corrected chi connectivity index (χ2v) is 8.67. The van der Waals surface area contributed by atoms with Crippen molar-refractivity contribution in [2.75, 3.05) is 27.3 Å². The summed E-state index contributed by atoms with van der Waals surface area (Å²) in [6, 6.07) is 11.2. The molecule has 4 heteroatoms. The largest absolute Gasteiger partial charge is 0.493 e. The van der Waals surface area contributed by atoms with Crippen LogP contribution in [0.3, 0.4) is 0 Å². The van der Waals surface area contributed by atoms with E-state index >= 15 is 0 Å². The van der Waals surface area contributed by atoms with Gasteiger partial charge in [0.15, 0.2) is 11.5 Å². The van der Waals surface area contributed by atoms with Gasteiger partial charge in [-0.15, -0.1) is 0 Å². The third kappa shape index (κ3) is 2.99. The van der Waals surface area contributed by atoms with Gasteiger partial charge in [0.1, 0.15) is 0 Å². The van der Waals surface area contributed by atoms with Gasteiger partial charge in [0.2, 0.25) is 0 Å². The maximum Gasteiger partial charge on any atom is 0.161 e. The Kier molecular flexibility index (Phi) is 4.88. The zero-order valence-electron chi connectivity index (χ0n) is 17.7. The van der Waals surface area contributed by atoms with Crippen LogP contribution in [0.5, 0.6) is 11.5 Å². The molecule has 2 N–H and O–H groups in total. The Balaban J connectivity index is 1.72. The first kappa shape index (κ1) is 19.3. The Morgan fingerprint density at radius 2 is 1.79 bits per heavy atom. The summed E-state index contributed by atoms with van der Waals surface area (Å²) >= 11 is 0. The first-order valence-electron chi connectivity index (χ1n) is 10.2. The first-order valence-corrected chi connectivity index (χ1v) is 10.2. The summed E-state index contributed by atoms with van der Waals surface area (Å²) in [5.74, 6) is 1.98.